The van der Waals surface area contributed by atoms with Gasteiger partial charge in [0.05, 0.1) is 11.5 Å². The first-order chi connectivity index (χ1) is 8.99. The van der Waals surface area contributed by atoms with E-state index in [0.29, 0.717) is 5.69 Å². The minimum Gasteiger partial charge on any atom is -0.388 e. The summed E-state index contributed by atoms with van der Waals surface area (Å²) in [6.07, 6.45) is -4.76. The number of aliphatic hydroxyl groups is 3. The second kappa shape index (κ2) is 5.49. The van der Waals surface area contributed by atoms with E-state index in [9.17, 15) is 25.4 Å². The molecule has 104 valence electrons. The molecule has 1 fully saturated rings. The van der Waals surface area contributed by atoms with E-state index in [-0.39, 0.29) is 12.3 Å². The van der Waals surface area contributed by atoms with Crippen molar-refractivity contribution >= 4 is 11.4 Å². The standard InChI is InChI=1S/C11H14N2O6/c14-8-5-19-11(10(16)9(8)15)12-6-2-1-3-7(4-6)13(17)18/h1-4,8-12,14-16H,5H2/t8-,9-,10-,11+/m0/s1. The molecule has 2 rings (SSSR count). The highest BCUT2D eigenvalue weighted by atomic mass is 16.6. The van der Waals surface area contributed by atoms with Crippen LogP contribution < -0.4 is 5.32 Å². The fraction of sp³-hybridized carbons (Fsp3) is 0.455. The monoisotopic (exact) mass is 270 g/mol. The van der Waals surface area contributed by atoms with Crippen LogP contribution >= 0.6 is 0 Å². The van der Waals surface area contributed by atoms with Crippen molar-refractivity contribution in [1.29, 1.82) is 0 Å². The Bertz CT molecular complexity index is 468. The summed E-state index contributed by atoms with van der Waals surface area (Å²) >= 11 is 0. The Hall–Kier alpha value is -1.74. The van der Waals surface area contributed by atoms with Crippen molar-refractivity contribution in [1.82, 2.24) is 0 Å². The van der Waals surface area contributed by atoms with Gasteiger partial charge in [-0.1, -0.05) is 6.07 Å². The largest absolute Gasteiger partial charge is 0.388 e. The molecule has 1 heterocycles. The van der Waals surface area contributed by atoms with E-state index >= 15 is 0 Å². The summed E-state index contributed by atoms with van der Waals surface area (Å²) in [5.41, 5.74) is 0.276. The zero-order valence-electron chi connectivity index (χ0n) is 9.84. The summed E-state index contributed by atoms with van der Waals surface area (Å²) in [6, 6.07) is 5.68. The van der Waals surface area contributed by atoms with Crippen LogP contribution in [0.4, 0.5) is 11.4 Å². The molecule has 1 aromatic carbocycles. The van der Waals surface area contributed by atoms with Gasteiger partial charge in [-0.15, -0.1) is 0 Å². The van der Waals surface area contributed by atoms with Crippen molar-refractivity contribution in [3.05, 3.63) is 34.4 Å². The van der Waals surface area contributed by atoms with Gasteiger partial charge in [0.1, 0.15) is 18.3 Å². The van der Waals surface area contributed by atoms with E-state index in [1.807, 2.05) is 0 Å². The van der Waals surface area contributed by atoms with Gasteiger partial charge < -0.3 is 25.4 Å². The fourth-order valence-electron chi connectivity index (χ4n) is 1.81. The van der Waals surface area contributed by atoms with Crippen molar-refractivity contribution < 1.29 is 25.0 Å². The van der Waals surface area contributed by atoms with Crippen molar-refractivity contribution in [2.45, 2.75) is 24.5 Å². The quantitative estimate of drug-likeness (QED) is 0.428. The third-order valence-electron chi connectivity index (χ3n) is 2.87. The normalized spacial score (nSPS) is 30.9. The molecule has 0 radical (unpaired) electrons. The Morgan fingerprint density at radius 1 is 1.32 bits per heavy atom. The molecule has 4 N–H and O–H groups in total. The molecule has 0 saturated carbocycles. The molecule has 0 bridgehead atoms. The number of aliphatic hydroxyl groups excluding tert-OH is 3. The van der Waals surface area contributed by atoms with Crippen LogP contribution in [0.1, 0.15) is 0 Å². The van der Waals surface area contributed by atoms with E-state index in [1.54, 1.807) is 6.07 Å². The first-order valence-electron chi connectivity index (χ1n) is 5.66. The molecule has 1 saturated heterocycles. The number of nitrogens with zero attached hydrogens (tertiary/aromatic N) is 1. The van der Waals surface area contributed by atoms with E-state index in [4.69, 9.17) is 4.74 Å². The van der Waals surface area contributed by atoms with Crippen LogP contribution in [-0.4, -0.2) is 51.4 Å². The average molecular weight is 270 g/mol. The van der Waals surface area contributed by atoms with Gasteiger partial charge in [0, 0.05) is 17.8 Å². The van der Waals surface area contributed by atoms with Gasteiger partial charge in [0.15, 0.2) is 6.23 Å². The Labute approximate surface area is 108 Å². The third-order valence-corrected chi connectivity index (χ3v) is 2.87. The zero-order valence-corrected chi connectivity index (χ0v) is 9.84. The summed E-state index contributed by atoms with van der Waals surface area (Å²) < 4.78 is 5.14. The molecule has 0 amide bonds. The van der Waals surface area contributed by atoms with E-state index < -0.39 is 29.5 Å². The van der Waals surface area contributed by atoms with Gasteiger partial charge in [0.2, 0.25) is 0 Å². The molecule has 8 nitrogen and oxygen atoms in total. The molecule has 8 heteroatoms. The highest BCUT2D eigenvalue weighted by Gasteiger charge is 2.37. The van der Waals surface area contributed by atoms with Crippen molar-refractivity contribution in [3.8, 4) is 0 Å². The number of rotatable bonds is 3. The first-order valence-corrected chi connectivity index (χ1v) is 5.66. The molecular weight excluding hydrogens is 256 g/mol. The number of nitro benzene ring substituents is 1. The Balaban J connectivity index is 2.09. The molecule has 0 aliphatic carbocycles. The third kappa shape index (κ3) is 2.99. The van der Waals surface area contributed by atoms with Crippen LogP contribution in [-0.2, 0) is 4.74 Å². The smallest absolute Gasteiger partial charge is 0.271 e. The SMILES string of the molecule is O=[N+]([O-])c1cccc(N[C@@H]2OC[C@H](O)[C@H](O)[C@@H]2O)c1. The highest BCUT2D eigenvalue weighted by Crippen LogP contribution is 2.21. The van der Waals surface area contributed by atoms with Gasteiger partial charge in [-0.25, -0.2) is 0 Å². The van der Waals surface area contributed by atoms with Gasteiger partial charge >= 0.3 is 0 Å². The molecule has 19 heavy (non-hydrogen) atoms. The van der Waals surface area contributed by atoms with Crippen molar-refractivity contribution in [3.63, 3.8) is 0 Å². The molecule has 1 aromatic rings. The molecule has 0 unspecified atom stereocenters. The van der Waals surface area contributed by atoms with Gasteiger partial charge in [-0.3, -0.25) is 10.1 Å². The number of hydrogen-bond donors (Lipinski definition) is 4. The maximum absolute atomic E-state index is 10.6. The van der Waals surface area contributed by atoms with E-state index in [1.165, 1.54) is 18.2 Å². The summed E-state index contributed by atoms with van der Waals surface area (Å²) in [7, 11) is 0. The number of benzene rings is 1. The van der Waals surface area contributed by atoms with Crippen LogP contribution in [0, 0.1) is 10.1 Å². The lowest BCUT2D eigenvalue weighted by Crippen LogP contribution is -2.55. The number of nitrogens with one attached hydrogen (secondary N) is 1. The maximum atomic E-state index is 10.6. The Kier molecular flexibility index (Phi) is 3.96. The van der Waals surface area contributed by atoms with Crippen LogP contribution in [0.25, 0.3) is 0 Å². The van der Waals surface area contributed by atoms with Crippen molar-refractivity contribution in [2.75, 3.05) is 11.9 Å². The van der Waals surface area contributed by atoms with E-state index in [2.05, 4.69) is 5.32 Å². The lowest BCUT2D eigenvalue weighted by molar-refractivity contribution is -0.384. The first kappa shape index (κ1) is 13.7. The molecule has 1 aliphatic heterocycles. The predicted molar refractivity (Wildman–Crippen MR) is 64.5 cm³/mol. The van der Waals surface area contributed by atoms with Crippen LogP contribution in [0.3, 0.4) is 0 Å². The lowest BCUT2D eigenvalue weighted by atomic mass is 10.0. The van der Waals surface area contributed by atoms with Crippen LogP contribution in [0.15, 0.2) is 24.3 Å². The maximum Gasteiger partial charge on any atom is 0.271 e. The second-order valence-corrected chi connectivity index (χ2v) is 4.25. The van der Waals surface area contributed by atoms with Gasteiger partial charge in [0.25, 0.3) is 5.69 Å². The average Bonchev–Trinajstić information content (AvgIpc) is 2.40. The number of nitro groups is 1. The van der Waals surface area contributed by atoms with E-state index in [0.717, 1.165) is 0 Å². The molecule has 0 spiro atoms. The van der Waals surface area contributed by atoms with Gasteiger partial charge in [-0.2, -0.15) is 0 Å². The summed E-state index contributed by atoms with van der Waals surface area (Å²) in [5.74, 6) is 0. The lowest BCUT2D eigenvalue weighted by Gasteiger charge is -2.35. The Morgan fingerprint density at radius 3 is 2.74 bits per heavy atom. The molecule has 1 aliphatic rings. The minimum absolute atomic E-state index is 0.101. The Morgan fingerprint density at radius 2 is 2.05 bits per heavy atom. The van der Waals surface area contributed by atoms with Crippen LogP contribution in [0.2, 0.25) is 0 Å². The second-order valence-electron chi connectivity index (χ2n) is 4.25. The topological polar surface area (TPSA) is 125 Å². The summed E-state index contributed by atoms with van der Waals surface area (Å²) in [4.78, 5) is 10.1. The molecule has 4 atom stereocenters. The zero-order chi connectivity index (χ0) is 14.0. The highest BCUT2D eigenvalue weighted by molar-refractivity contribution is 5.51. The molecular formula is C11H14N2O6. The van der Waals surface area contributed by atoms with Crippen molar-refractivity contribution in [2.24, 2.45) is 0 Å². The molecule has 0 aromatic heterocycles. The number of non-ortho nitro benzene ring substituents is 1. The summed E-state index contributed by atoms with van der Waals surface area (Å²) in [5, 5.41) is 41.9. The number of anilines is 1. The minimum atomic E-state index is -1.33. The number of ether oxygens (including phenoxy) is 1. The number of hydrogen-bond acceptors (Lipinski definition) is 7. The summed E-state index contributed by atoms with van der Waals surface area (Å²) in [6.45, 7) is -0.134. The predicted octanol–water partition coefficient (Wildman–Crippen LogP) is -0.554. The fourth-order valence-corrected chi connectivity index (χ4v) is 1.81. The van der Waals surface area contributed by atoms with Gasteiger partial charge in [-0.05, 0) is 6.07 Å². The van der Waals surface area contributed by atoms with Crippen LogP contribution in [0.5, 0.6) is 0 Å².